The van der Waals surface area contributed by atoms with Gasteiger partial charge in [0.15, 0.2) is 0 Å². The molecule has 4 heteroatoms. The largest absolute Gasteiger partial charge is 0.385 e. The molecule has 0 unspecified atom stereocenters. The van der Waals surface area contributed by atoms with Crippen molar-refractivity contribution < 1.29 is 9.59 Å². The molecule has 1 aromatic carbocycles. The Labute approximate surface area is 101 Å². The molecule has 1 aliphatic rings. The summed E-state index contributed by atoms with van der Waals surface area (Å²) in [5, 5.41) is 3.24. The van der Waals surface area contributed by atoms with Crippen LogP contribution in [0.15, 0.2) is 18.2 Å². The zero-order chi connectivity index (χ0) is 12.4. The predicted molar refractivity (Wildman–Crippen MR) is 66.3 cm³/mol. The van der Waals surface area contributed by atoms with Gasteiger partial charge in [-0.3, -0.25) is 14.5 Å². The third-order valence-corrected chi connectivity index (χ3v) is 2.95. The van der Waals surface area contributed by atoms with Crippen molar-refractivity contribution in [3.8, 4) is 0 Å². The van der Waals surface area contributed by atoms with Crippen LogP contribution in [0.5, 0.6) is 0 Å². The molecule has 4 nitrogen and oxygen atoms in total. The monoisotopic (exact) mass is 232 g/mol. The van der Waals surface area contributed by atoms with Gasteiger partial charge < -0.3 is 5.32 Å². The Morgan fingerprint density at radius 2 is 1.88 bits per heavy atom. The standard InChI is InChI=1S/C13H16N2O2/c1-3-4-7-14-9-5-6-10-11(8-9)13(17)15(2)12(10)16/h5-6,8,14H,3-4,7H2,1-2H3. The maximum Gasteiger partial charge on any atom is 0.261 e. The lowest BCUT2D eigenvalue weighted by molar-refractivity contribution is 0.0693. The summed E-state index contributed by atoms with van der Waals surface area (Å²) in [7, 11) is 1.51. The Balaban J connectivity index is 2.21. The molecule has 0 aliphatic carbocycles. The van der Waals surface area contributed by atoms with E-state index in [-0.39, 0.29) is 11.8 Å². The molecule has 1 N–H and O–H groups in total. The minimum absolute atomic E-state index is 0.217. The van der Waals surface area contributed by atoms with Gasteiger partial charge >= 0.3 is 0 Å². The van der Waals surface area contributed by atoms with E-state index < -0.39 is 0 Å². The van der Waals surface area contributed by atoms with Crippen LogP contribution < -0.4 is 5.32 Å². The van der Waals surface area contributed by atoms with Crippen LogP contribution in [0.4, 0.5) is 5.69 Å². The Hall–Kier alpha value is -1.84. The zero-order valence-corrected chi connectivity index (χ0v) is 10.1. The predicted octanol–water partition coefficient (Wildman–Crippen LogP) is 2.12. The van der Waals surface area contributed by atoms with E-state index in [1.165, 1.54) is 7.05 Å². The number of nitrogens with one attached hydrogen (secondary N) is 1. The van der Waals surface area contributed by atoms with E-state index in [9.17, 15) is 9.59 Å². The summed E-state index contributed by atoms with van der Waals surface area (Å²) in [6.45, 7) is 3.01. The summed E-state index contributed by atoms with van der Waals surface area (Å²) in [6.07, 6.45) is 2.21. The van der Waals surface area contributed by atoms with Gasteiger partial charge in [-0.15, -0.1) is 0 Å². The number of benzene rings is 1. The average molecular weight is 232 g/mol. The molecular formula is C13H16N2O2. The van der Waals surface area contributed by atoms with Gasteiger partial charge in [0, 0.05) is 19.3 Å². The molecule has 0 bridgehead atoms. The molecule has 2 amide bonds. The van der Waals surface area contributed by atoms with E-state index in [0.717, 1.165) is 30.0 Å². The van der Waals surface area contributed by atoms with Crippen molar-refractivity contribution in [1.29, 1.82) is 0 Å². The summed E-state index contributed by atoms with van der Waals surface area (Å²) < 4.78 is 0. The topological polar surface area (TPSA) is 49.4 Å². The second kappa shape index (κ2) is 4.57. The van der Waals surface area contributed by atoms with E-state index in [1.54, 1.807) is 12.1 Å². The number of rotatable bonds is 4. The summed E-state index contributed by atoms with van der Waals surface area (Å²) in [4.78, 5) is 24.6. The normalized spacial score (nSPS) is 14.1. The SMILES string of the molecule is CCCCNc1ccc2c(c1)C(=O)N(C)C2=O. The maximum atomic E-state index is 11.8. The fourth-order valence-electron chi connectivity index (χ4n) is 1.88. The van der Waals surface area contributed by atoms with Crippen molar-refractivity contribution >= 4 is 17.5 Å². The molecule has 0 saturated heterocycles. The van der Waals surface area contributed by atoms with Crippen molar-refractivity contribution in [1.82, 2.24) is 4.90 Å². The second-order valence-electron chi connectivity index (χ2n) is 4.21. The lowest BCUT2D eigenvalue weighted by Crippen LogP contribution is -2.24. The van der Waals surface area contributed by atoms with Crippen LogP contribution in [0.1, 0.15) is 40.5 Å². The molecule has 1 aromatic rings. The van der Waals surface area contributed by atoms with E-state index >= 15 is 0 Å². The van der Waals surface area contributed by atoms with Crippen molar-refractivity contribution in [2.45, 2.75) is 19.8 Å². The van der Waals surface area contributed by atoms with Gasteiger partial charge in [-0.05, 0) is 24.6 Å². The van der Waals surface area contributed by atoms with Crippen LogP contribution in [0.2, 0.25) is 0 Å². The summed E-state index contributed by atoms with van der Waals surface area (Å²) in [5.74, 6) is -0.436. The quantitative estimate of drug-likeness (QED) is 0.639. The minimum Gasteiger partial charge on any atom is -0.385 e. The van der Waals surface area contributed by atoms with Crippen LogP contribution in [0.25, 0.3) is 0 Å². The van der Waals surface area contributed by atoms with E-state index in [4.69, 9.17) is 0 Å². The molecule has 17 heavy (non-hydrogen) atoms. The van der Waals surface area contributed by atoms with Gasteiger partial charge in [0.1, 0.15) is 0 Å². The lowest BCUT2D eigenvalue weighted by Gasteiger charge is -2.06. The van der Waals surface area contributed by atoms with Crippen molar-refractivity contribution in [3.05, 3.63) is 29.3 Å². The fraction of sp³-hybridized carbons (Fsp3) is 0.385. The molecule has 0 radical (unpaired) electrons. The molecule has 0 saturated carbocycles. The van der Waals surface area contributed by atoms with Crippen molar-refractivity contribution in [2.75, 3.05) is 18.9 Å². The Morgan fingerprint density at radius 1 is 1.18 bits per heavy atom. The molecular weight excluding hydrogens is 216 g/mol. The number of imide groups is 1. The third-order valence-electron chi connectivity index (χ3n) is 2.95. The summed E-state index contributed by atoms with van der Waals surface area (Å²) >= 11 is 0. The second-order valence-corrected chi connectivity index (χ2v) is 4.21. The van der Waals surface area contributed by atoms with E-state index in [0.29, 0.717) is 11.1 Å². The fourth-order valence-corrected chi connectivity index (χ4v) is 1.88. The number of hydrogen-bond acceptors (Lipinski definition) is 3. The number of unbranched alkanes of at least 4 members (excludes halogenated alkanes) is 1. The van der Waals surface area contributed by atoms with Crippen LogP contribution in [0.3, 0.4) is 0 Å². The Morgan fingerprint density at radius 3 is 2.59 bits per heavy atom. The number of hydrogen-bond donors (Lipinski definition) is 1. The molecule has 0 aromatic heterocycles. The highest BCUT2D eigenvalue weighted by molar-refractivity contribution is 6.21. The number of carbonyl (C=O) groups excluding carboxylic acids is 2. The third kappa shape index (κ3) is 2.02. The smallest absolute Gasteiger partial charge is 0.261 e. The van der Waals surface area contributed by atoms with Gasteiger partial charge in [-0.1, -0.05) is 13.3 Å². The van der Waals surface area contributed by atoms with Gasteiger partial charge in [-0.2, -0.15) is 0 Å². The highest BCUT2D eigenvalue weighted by atomic mass is 16.2. The van der Waals surface area contributed by atoms with Crippen LogP contribution in [-0.2, 0) is 0 Å². The highest BCUT2D eigenvalue weighted by Crippen LogP contribution is 2.24. The Bertz CT molecular complexity index is 468. The number of anilines is 1. The molecule has 2 rings (SSSR count). The molecule has 0 spiro atoms. The zero-order valence-electron chi connectivity index (χ0n) is 10.1. The molecule has 1 heterocycles. The van der Waals surface area contributed by atoms with Crippen LogP contribution >= 0.6 is 0 Å². The molecule has 1 aliphatic heterocycles. The number of fused-ring (bicyclic) bond motifs is 1. The first kappa shape index (κ1) is 11.6. The molecule has 90 valence electrons. The van der Waals surface area contributed by atoms with Gasteiger partial charge in [0.05, 0.1) is 11.1 Å². The first-order valence-electron chi connectivity index (χ1n) is 5.85. The first-order valence-corrected chi connectivity index (χ1v) is 5.85. The molecule has 0 fully saturated rings. The summed E-state index contributed by atoms with van der Waals surface area (Å²) in [5.41, 5.74) is 1.89. The van der Waals surface area contributed by atoms with Gasteiger partial charge in [-0.25, -0.2) is 0 Å². The average Bonchev–Trinajstić information content (AvgIpc) is 2.55. The van der Waals surface area contributed by atoms with Crippen LogP contribution in [-0.4, -0.2) is 30.3 Å². The Kier molecular flexibility index (Phi) is 3.13. The maximum absolute atomic E-state index is 11.8. The number of carbonyl (C=O) groups is 2. The van der Waals surface area contributed by atoms with Crippen molar-refractivity contribution in [2.24, 2.45) is 0 Å². The lowest BCUT2D eigenvalue weighted by atomic mass is 10.1. The molecule has 0 atom stereocenters. The summed E-state index contributed by atoms with van der Waals surface area (Å²) in [6, 6.07) is 5.32. The number of nitrogens with zero attached hydrogens (tertiary/aromatic N) is 1. The van der Waals surface area contributed by atoms with Crippen LogP contribution in [0, 0.1) is 0 Å². The van der Waals surface area contributed by atoms with E-state index in [2.05, 4.69) is 12.2 Å². The van der Waals surface area contributed by atoms with Crippen molar-refractivity contribution in [3.63, 3.8) is 0 Å². The first-order chi connectivity index (χ1) is 8.15. The highest BCUT2D eigenvalue weighted by Gasteiger charge is 2.32. The van der Waals surface area contributed by atoms with Gasteiger partial charge in [0.25, 0.3) is 11.8 Å². The minimum atomic E-state index is -0.218. The number of amides is 2. The van der Waals surface area contributed by atoms with E-state index in [1.807, 2.05) is 6.07 Å². The van der Waals surface area contributed by atoms with Gasteiger partial charge in [0.2, 0.25) is 0 Å².